The van der Waals surface area contributed by atoms with Crippen LogP contribution in [0, 0.1) is 6.92 Å². The van der Waals surface area contributed by atoms with Gasteiger partial charge in [0.1, 0.15) is 5.75 Å². The standard InChI is InChI=1S/C12H15BrO/c1-9-8-11(6-7-12(9)13)14-10-4-2-3-5-10/h6-8,10H,2-5H2,1H3. The van der Waals surface area contributed by atoms with Gasteiger partial charge in [-0.1, -0.05) is 15.9 Å². The Labute approximate surface area is 93.6 Å². The van der Waals surface area contributed by atoms with Crippen molar-refractivity contribution in [3.63, 3.8) is 0 Å². The van der Waals surface area contributed by atoms with Gasteiger partial charge in [0, 0.05) is 4.47 Å². The molecule has 2 rings (SSSR count). The minimum Gasteiger partial charge on any atom is -0.490 e. The van der Waals surface area contributed by atoms with Gasteiger partial charge in [-0.15, -0.1) is 0 Å². The highest BCUT2D eigenvalue weighted by Crippen LogP contribution is 2.26. The summed E-state index contributed by atoms with van der Waals surface area (Å²) in [5.41, 5.74) is 1.24. The van der Waals surface area contributed by atoms with Crippen molar-refractivity contribution < 1.29 is 4.74 Å². The molecule has 0 amide bonds. The fraction of sp³-hybridized carbons (Fsp3) is 0.500. The van der Waals surface area contributed by atoms with Gasteiger partial charge in [0.2, 0.25) is 0 Å². The molecular formula is C12H15BrO. The molecule has 0 heterocycles. The summed E-state index contributed by atoms with van der Waals surface area (Å²) < 4.78 is 7.04. The Bertz CT molecular complexity index is 316. The maximum absolute atomic E-state index is 5.89. The number of hydrogen-bond donors (Lipinski definition) is 0. The summed E-state index contributed by atoms with van der Waals surface area (Å²) in [5, 5.41) is 0. The third-order valence-corrected chi connectivity index (χ3v) is 3.62. The predicted octanol–water partition coefficient (Wildman–Crippen LogP) is 4.08. The highest BCUT2D eigenvalue weighted by molar-refractivity contribution is 9.10. The van der Waals surface area contributed by atoms with Crippen molar-refractivity contribution >= 4 is 15.9 Å². The maximum Gasteiger partial charge on any atom is 0.120 e. The first-order valence-electron chi connectivity index (χ1n) is 5.18. The third kappa shape index (κ3) is 2.30. The van der Waals surface area contributed by atoms with E-state index in [9.17, 15) is 0 Å². The van der Waals surface area contributed by atoms with Crippen molar-refractivity contribution in [3.05, 3.63) is 28.2 Å². The molecule has 14 heavy (non-hydrogen) atoms. The lowest BCUT2D eigenvalue weighted by Gasteiger charge is -2.13. The van der Waals surface area contributed by atoms with Crippen molar-refractivity contribution in [1.29, 1.82) is 0 Å². The molecule has 2 heteroatoms. The summed E-state index contributed by atoms with van der Waals surface area (Å²) in [7, 11) is 0. The van der Waals surface area contributed by atoms with Crippen LogP contribution in [0.25, 0.3) is 0 Å². The Balaban J connectivity index is 2.05. The second-order valence-electron chi connectivity index (χ2n) is 3.94. The van der Waals surface area contributed by atoms with Gasteiger partial charge in [-0.05, 0) is 56.4 Å². The van der Waals surface area contributed by atoms with Gasteiger partial charge in [0.05, 0.1) is 6.10 Å². The Morgan fingerprint density at radius 3 is 2.64 bits per heavy atom. The molecule has 1 aliphatic rings. The Hall–Kier alpha value is -0.500. The van der Waals surface area contributed by atoms with Gasteiger partial charge >= 0.3 is 0 Å². The molecule has 1 aromatic carbocycles. The quantitative estimate of drug-likeness (QED) is 0.773. The summed E-state index contributed by atoms with van der Waals surface area (Å²) in [6.07, 6.45) is 5.53. The van der Waals surface area contributed by atoms with Crippen molar-refractivity contribution in [2.45, 2.75) is 38.7 Å². The normalized spacial score (nSPS) is 17.3. The largest absolute Gasteiger partial charge is 0.490 e. The summed E-state index contributed by atoms with van der Waals surface area (Å²) in [6, 6.07) is 6.19. The molecule has 1 aliphatic carbocycles. The molecule has 0 N–H and O–H groups in total. The van der Waals surface area contributed by atoms with E-state index >= 15 is 0 Å². The number of halogens is 1. The van der Waals surface area contributed by atoms with E-state index in [-0.39, 0.29) is 0 Å². The van der Waals surface area contributed by atoms with Crippen LogP contribution < -0.4 is 4.74 Å². The van der Waals surface area contributed by atoms with Crippen LogP contribution in [-0.4, -0.2) is 6.10 Å². The number of benzene rings is 1. The number of aryl methyl sites for hydroxylation is 1. The number of ether oxygens (including phenoxy) is 1. The molecular weight excluding hydrogens is 240 g/mol. The summed E-state index contributed by atoms with van der Waals surface area (Å²) >= 11 is 3.49. The SMILES string of the molecule is Cc1cc(OC2CCCC2)ccc1Br. The Morgan fingerprint density at radius 1 is 1.29 bits per heavy atom. The molecule has 1 fully saturated rings. The van der Waals surface area contributed by atoms with Gasteiger partial charge in [-0.2, -0.15) is 0 Å². The lowest BCUT2D eigenvalue weighted by Crippen LogP contribution is -2.10. The zero-order valence-corrected chi connectivity index (χ0v) is 10.0. The van der Waals surface area contributed by atoms with E-state index in [4.69, 9.17) is 4.74 Å². The van der Waals surface area contributed by atoms with Crippen molar-refractivity contribution in [1.82, 2.24) is 0 Å². The zero-order chi connectivity index (χ0) is 9.97. The van der Waals surface area contributed by atoms with Crippen LogP contribution in [0.3, 0.4) is 0 Å². The van der Waals surface area contributed by atoms with Crippen molar-refractivity contribution in [3.8, 4) is 5.75 Å². The fourth-order valence-corrected chi connectivity index (χ4v) is 2.14. The average molecular weight is 255 g/mol. The predicted molar refractivity (Wildman–Crippen MR) is 61.8 cm³/mol. The van der Waals surface area contributed by atoms with Crippen LogP contribution in [-0.2, 0) is 0 Å². The zero-order valence-electron chi connectivity index (χ0n) is 8.42. The molecule has 1 saturated carbocycles. The van der Waals surface area contributed by atoms with Gasteiger partial charge < -0.3 is 4.74 Å². The van der Waals surface area contributed by atoms with Gasteiger partial charge in [-0.3, -0.25) is 0 Å². The Kier molecular flexibility index (Phi) is 3.12. The maximum atomic E-state index is 5.89. The van der Waals surface area contributed by atoms with E-state index in [2.05, 4.69) is 35.0 Å². The van der Waals surface area contributed by atoms with Gasteiger partial charge in [-0.25, -0.2) is 0 Å². The second kappa shape index (κ2) is 4.35. The molecule has 0 aromatic heterocycles. The van der Waals surface area contributed by atoms with Gasteiger partial charge in [0.25, 0.3) is 0 Å². The second-order valence-corrected chi connectivity index (χ2v) is 4.79. The van der Waals surface area contributed by atoms with E-state index in [1.807, 2.05) is 6.07 Å². The smallest absolute Gasteiger partial charge is 0.120 e. The van der Waals surface area contributed by atoms with Crippen LogP contribution in [0.15, 0.2) is 22.7 Å². The molecule has 0 unspecified atom stereocenters. The molecule has 0 atom stereocenters. The van der Waals surface area contributed by atoms with Crippen LogP contribution in [0.4, 0.5) is 0 Å². The van der Waals surface area contributed by atoms with E-state index in [0.29, 0.717) is 6.10 Å². The highest BCUT2D eigenvalue weighted by atomic mass is 79.9. The van der Waals surface area contributed by atoms with E-state index < -0.39 is 0 Å². The first-order valence-corrected chi connectivity index (χ1v) is 5.98. The van der Waals surface area contributed by atoms with E-state index in [1.54, 1.807) is 0 Å². The average Bonchev–Trinajstić information content (AvgIpc) is 2.64. The monoisotopic (exact) mass is 254 g/mol. The molecule has 0 spiro atoms. The van der Waals surface area contributed by atoms with Gasteiger partial charge in [0.15, 0.2) is 0 Å². The fourth-order valence-electron chi connectivity index (χ4n) is 1.89. The van der Waals surface area contributed by atoms with E-state index in [0.717, 1.165) is 10.2 Å². The summed E-state index contributed by atoms with van der Waals surface area (Å²) in [6.45, 7) is 2.09. The summed E-state index contributed by atoms with van der Waals surface area (Å²) in [4.78, 5) is 0. The first kappa shape index (κ1) is 10.0. The molecule has 0 aliphatic heterocycles. The molecule has 0 radical (unpaired) electrons. The minimum absolute atomic E-state index is 0.454. The van der Waals surface area contributed by atoms with Crippen molar-refractivity contribution in [2.75, 3.05) is 0 Å². The topological polar surface area (TPSA) is 9.23 Å². The molecule has 76 valence electrons. The minimum atomic E-state index is 0.454. The van der Waals surface area contributed by atoms with Crippen LogP contribution in [0.1, 0.15) is 31.2 Å². The lowest BCUT2D eigenvalue weighted by atomic mass is 10.2. The highest BCUT2D eigenvalue weighted by Gasteiger charge is 2.16. The van der Waals surface area contributed by atoms with Crippen LogP contribution >= 0.6 is 15.9 Å². The Morgan fingerprint density at radius 2 is 2.00 bits per heavy atom. The number of hydrogen-bond acceptors (Lipinski definition) is 1. The lowest BCUT2D eigenvalue weighted by molar-refractivity contribution is 0.210. The number of rotatable bonds is 2. The molecule has 1 aromatic rings. The molecule has 0 bridgehead atoms. The van der Waals surface area contributed by atoms with Crippen LogP contribution in [0.2, 0.25) is 0 Å². The molecule has 0 saturated heterocycles. The van der Waals surface area contributed by atoms with Crippen LogP contribution in [0.5, 0.6) is 5.75 Å². The van der Waals surface area contributed by atoms with E-state index in [1.165, 1.54) is 31.2 Å². The third-order valence-electron chi connectivity index (χ3n) is 2.73. The molecule has 1 nitrogen and oxygen atoms in total. The summed E-state index contributed by atoms with van der Waals surface area (Å²) in [5.74, 6) is 1.01. The first-order chi connectivity index (χ1) is 6.75. The van der Waals surface area contributed by atoms with Crippen molar-refractivity contribution in [2.24, 2.45) is 0 Å².